The third-order valence-electron chi connectivity index (χ3n) is 4.57. The second kappa shape index (κ2) is 7.27. The maximum atomic E-state index is 12.3. The predicted molar refractivity (Wildman–Crippen MR) is 90.5 cm³/mol. The van der Waals surface area contributed by atoms with Crippen LogP contribution in [0.25, 0.3) is 0 Å². The van der Waals surface area contributed by atoms with E-state index in [0.717, 1.165) is 37.0 Å². The molecule has 1 saturated carbocycles. The molecule has 0 saturated heterocycles. The van der Waals surface area contributed by atoms with Gasteiger partial charge in [0.25, 0.3) is 10.0 Å². The molecule has 1 aromatic carbocycles. The van der Waals surface area contributed by atoms with Gasteiger partial charge in [0.2, 0.25) is 0 Å². The number of nitrogens with zero attached hydrogens (tertiary/aromatic N) is 1. The lowest BCUT2D eigenvalue weighted by atomic mass is 9.89. The molecule has 1 aliphatic rings. The van der Waals surface area contributed by atoms with Crippen LogP contribution >= 0.6 is 0 Å². The summed E-state index contributed by atoms with van der Waals surface area (Å²) < 4.78 is 24.6. The highest BCUT2D eigenvalue weighted by molar-refractivity contribution is 7.89. The standard InChI is InChI=1S/C17H26N2O2S/c1-4-13(2)15-9-11-16(12-10-15)22(20,21)19-18-17-8-6-5-7-14(17)3/h9-14,19H,4-8H2,1-3H3/b18-17+. The number of sulfonamides is 1. The first-order valence-electron chi connectivity index (χ1n) is 8.12. The highest BCUT2D eigenvalue weighted by Crippen LogP contribution is 2.22. The number of hydrazone groups is 1. The van der Waals surface area contributed by atoms with Crippen molar-refractivity contribution < 1.29 is 8.42 Å². The van der Waals surface area contributed by atoms with Gasteiger partial charge in [-0.3, -0.25) is 0 Å². The summed E-state index contributed by atoms with van der Waals surface area (Å²) in [5, 5.41) is 4.16. The molecule has 2 rings (SSSR count). The van der Waals surface area contributed by atoms with Gasteiger partial charge in [0.05, 0.1) is 4.90 Å². The zero-order chi connectivity index (χ0) is 16.2. The van der Waals surface area contributed by atoms with E-state index >= 15 is 0 Å². The molecule has 4 nitrogen and oxygen atoms in total. The van der Waals surface area contributed by atoms with Crippen LogP contribution in [0.15, 0.2) is 34.3 Å². The van der Waals surface area contributed by atoms with Crippen molar-refractivity contribution >= 4 is 15.7 Å². The first-order chi connectivity index (χ1) is 10.4. The van der Waals surface area contributed by atoms with Crippen LogP contribution in [0.5, 0.6) is 0 Å². The van der Waals surface area contributed by atoms with Crippen molar-refractivity contribution in [2.45, 2.75) is 63.7 Å². The van der Waals surface area contributed by atoms with Crippen LogP contribution in [0.1, 0.15) is 64.4 Å². The van der Waals surface area contributed by atoms with Gasteiger partial charge in [0.1, 0.15) is 0 Å². The number of hydrogen-bond acceptors (Lipinski definition) is 3. The number of benzene rings is 1. The Morgan fingerprint density at radius 3 is 2.55 bits per heavy atom. The zero-order valence-electron chi connectivity index (χ0n) is 13.7. The molecule has 1 N–H and O–H groups in total. The van der Waals surface area contributed by atoms with Crippen LogP contribution in [-0.4, -0.2) is 14.1 Å². The highest BCUT2D eigenvalue weighted by Gasteiger charge is 2.18. The summed E-state index contributed by atoms with van der Waals surface area (Å²) in [5.41, 5.74) is 2.12. The van der Waals surface area contributed by atoms with Gasteiger partial charge in [-0.15, -0.1) is 0 Å². The molecule has 1 fully saturated rings. The van der Waals surface area contributed by atoms with Gasteiger partial charge in [-0.1, -0.05) is 39.3 Å². The van der Waals surface area contributed by atoms with E-state index in [1.807, 2.05) is 12.1 Å². The van der Waals surface area contributed by atoms with Crippen LogP contribution in [0.4, 0.5) is 0 Å². The molecule has 0 heterocycles. The maximum absolute atomic E-state index is 12.3. The molecule has 22 heavy (non-hydrogen) atoms. The van der Waals surface area contributed by atoms with Crippen LogP contribution in [0.3, 0.4) is 0 Å². The molecular formula is C17H26N2O2S. The second-order valence-electron chi connectivity index (χ2n) is 6.22. The van der Waals surface area contributed by atoms with Gasteiger partial charge in [-0.25, -0.2) is 4.83 Å². The van der Waals surface area contributed by atoms with E-state index in [2.05, 4.69) is 30.7 Å². The van der Waals surface area contributed by atoms with Gasteiger partial charge in [-0.2, -0.15) is 13.5 Å². The summed E-state index contributed by atoms with van der Waals surface area (Å²) in [6.45, 7) is 6.36. The predicted octanol–water partition coefficient (Wildman–Crippen LogP) is 4.04. The Labute approximate surface area is 134 Å². The van der Waals surface area contributed by atoms with Crippen LogP contribution in [0, 0.1) is 5.92 Å². The fourth-order valence-electron chi connectivity index (χ4n) is 2.72. The SMILES string of the molecule is CCC(C)c1ccc(S(=O)(=O)N/N=C2\CCCCC2C)cc1. The van der Waals surface area contributed by atoms with Gasteiger partial charge in [0.15, 0.2) is 0 Å². The second-order valence-corrected chi connectivity index (χ2v) is 7.88. The van der Waals surface area contributed by atoms with E-state index in [1.165, 1.54) is 6.42 Å². The van der Waals surface area contributed by atoms with E-state index in [9.17, 15) is 8.42 Å². The normalized spacial score (nSPS) is 22.5. The van der Waals surface area contributed by atoms with E-state index in [-0.39, 0.29) is 4.90 Å². The molecule has 0 spiro atoms. The fraction of sp³-hybridized carbons (Fsp3) is 0.588. The van der Waals surface area contributed by atoms with Crippen molar-refractivity contribution in [1.82, 2.24) is 4.83 Å². The van der Waals surface area contributed by atoms with E-state index < -0.39 is 10.0 Å². The Kier molecular flexibility index (Phi) is 5.62. The Bertz CT molecular complexity index is 621. The monoisotopic (exact) mass is 322 g/mol. The molecule has 122 valence electrons. The van der Waals surface area contributed by atoms with Crippen molar-refractivity contribution in [1.29, 1.82) is 0 Å². The number of rotatable bonds is 5. The van der Waals surface area contributed by atoms with E-state index in [4.69, 9.17) is 0 Å². The molecule has 0 aromatic heterocycles. The van der Waals surface area contributed by atoms with Crippen molar-refractivity contribution in [3.8, 4) is 0 Å². The molecule has 1 aliphatic carbocycles. The molecule has 0 bridgehead atoms. The van der Waals surface area contributed by atoms with E-state index in [1.54, 1.807) is 12.1 Å². The van der Waals surface area contributed by atoms with E-state index in [0.29, 0.717) is 11.8 Å². The Morgan fingerprint density at radius 1 is 1.27 bits per heavy atom. The molecule has 2 unspecified atom stereocenters. The Balaban J connectivity index is 2.11. The fourth-order valence-corrected chi connectivity index (χ4v) is 3.56. The highest BCUT2D eigenvalue weighted by atomic mass is 32.2. The lowest BCUT2D eigenvalue weighted by Crippen LogP contribution is -2.24. The largest absolute Gasteiger partial charge is 0.276 e. The minimum atomic E-state index is -3.57. The minimum absolute atomic E-state index is 0.271. The zero-order valence-corrected chi connectivity index (χ0v) is 14.5. The maximum Gasteiger partial charge on any atom is 0.276 e. The number of hydrogen-bond donors (Lipinski definition) is 1. The first-order valence-corrected chi connectivity index (χ1v) is 9.60. The van der Waals surface area contributed by atoms with Crippen molar-refractivity contribution in [3.05, 3.63) is 29.8 Å². The summed E-state index contributed by atoms with van der Waals surface area (Å²) in [6, 6.07) is 7.10. The van der Waals surface area contributed by atoms with Gasteiger partial charge < -0.3 is 0 Å². The third-order valence-corrected chi connectivity index (χ3v) is 5.79. The molecule has 0 radical (unpaired) electrons. The first kappa shape index (κ1) is 17.0. The smallest absolute Gasteiger partial charge is 0.200 e. The molecular weight excluding hydrogens is 296 g/mol. The van der Waals surface area contributed by atoms with Gasteiger partial charge in [0, 0.05) is 5.71 Å². The quantitative estimate of drug-likeness (QED) is 0.832. The van der Waals surface area contributed by atoms with Crippen LogP contribution < -0.4 is 4.83 Å². The average molecular weight is 322 g/mol. The van der Waals surface area contributed by atoms with Crippen molar-refractivity contribution in [2.24, 2.45) is 11.0 Å². The Morgan fingerprint density at radius 2 is 1.95 bits per heavy atom. The molecule has 0 aliphatic heterocycles. The van der Waals surface area contributed by atoms with Crippen molar-refractivity contribution in [2.75, 3.05) is 0 Å². The molecule has 0 amide bonds. The number of nitrogens with one attached hydrogen (secondary N) is 1. The summed E-state index contributed by atoms with van der Waals surface area (Å²) >= 11 is 0. The molecule has 5 heteroatoms. The average Bonchev–Trinajstić information content (AvgIpc) is 2.53. The lowest BCUT2D eigenvalue weighted by Gasteiger charge is -2.20. The van der Waals surface area contributed by atoms with Crippen LogP contribution in [0.2, 0.25) is 0 Å². The van der Waals surface area contributed by atoms with Gasteiger partial charge in [-0.05, 0) is 55.2 Å². The van der Waals surface area contributed by atoms with Crippen LogP contribution in [-0.2, 0) is 10.0 Å². The van der Waals surface area contributed by atoms with Gasteiger partial charge >= 0.3 is 0 Å². The topological polar surface area (TPSA) is 58.5 Å². The molecule has 1 aromatic rings. The third kappa shape index (κ3) is 4.09. The molecule has 2 atom stereocenters. The Hall–Kier alpha value is -1.36. The summed E-state index contributed by atoms with van der Waals surface area (Å²) in [6.07, 6.45) is 5.30. The minimum Gasteiger partial charge on any atom is -0.200 e. The lowest BCUT2D eigenvalue weighted by molar-refractivity contribution is 0.552. The summed E-state index contributed by atoms with van der Waals surface area (Å²) in [7, 11) is -3.57. The summed E-state index contributed by atoms with van der Waals surface area (Å²) in [4.78, 5) is 2.67. The summed E-state index contributed by atoms with van der Waals surface area (Å²) in [5.74, 6) is 0.803. The van der Waals surface area contributed by atoms with Crippen molar-refractivity contribution in [3.63, 3.8) is 0 Å².